The first-order chi connectivity index (χ1) is 12.1. The summed E-state index contributed by atoms with van der Waals surface area (Å²) in [6, 6.07) is 17.8. The molecule has 3 rings (SSSR count). The summed E-state index contributed by atoms with van der Waals surface area (Å²) in [5, 5.41) is 0.273. The maximum Gasteiger partial charge on any atom is 0.235 e. The third-order valence-electron chi connectivity index (χ3n) is 4.01. The molecule has 0 saturated heterocycles. The second-order valence-electron chi connectivity index (χ2n) is 6.10. The minimum Gasteiger partial charge on any atom is -0.368 e. The highest BCUT2D eigenvalue weighted by Crippen LogP contribution is 2.36. The number of aromatic nitrogens is 2. The number of rotatable bonds is 6. The largest absolute Gasteiger partial charge is 0.368 e. The van der Waals surface area contributed by atoms with Gasteiger partial charge >= 0.3 is 0 Å². The van der Waals surface area contributed by atoms with Gasteiger partial charge in [-0.15, -0.1) is 0 Å². The fourth-order valence-corrected chi connectivity index (χ4v) is 3.79. The molecule has 2 aromatic carbocycles. The molecule has 0 saturated carbocycles. The lowest BCUT2D eigenvalue weighted by atomic mass is 10.0. The van der Waals surface area contributed by atoms with Crippen LogP contribution in [0.2, 0.25) is 0 Å². The van der Waals surface area contributed by atoms with Gasteiger partial charge in [0, 0.05) is 12.4 Å². The zero-order chi connectivity index (χ0) is 17.8. The fourth-order valence-electron chi connectivity index (χ4n) is 2.78. The summed E-state index contributed by atoms with van der Waals surface area (Å²) in [6.45, 7) is 4.33. The maximum atomic E-state index is 12.0. The van der Waals surface area contributed by atoms with E-state index in [1.165, 1.54) is 17.3 Å². The summed E-state index contributed by atoms with van der Waals surface area (Å²) < 4.78 is 2.03. The molecule has 1 atom stereocenters. The van der Waals surface area contributed by atoms with E-state index in [0.29, 0.717) is 5.92 Å². The number of nitrogens with zero attached hydrogens (tertiary/aromatic N) is 2. The molecule has 0 aliphatic carbocycles. The first kappa shape index (κ1) is 17.3. The van der Waals surface area contributed by atoms with Crippen LogP contribution in [-0.4, -0.2) is 15.5 Å². The van der Waals surface area contributed by atoms with Crippen LogP contribution >= 0.6 is 11.8 Å². The Balaban J connectivity index is 1.98. The molecule has 0 radical (unpaired) electrons. The Morgan fingerprint density at radius 1 is 1.08 bits per heavy atom. The van der Waals surface area contributed by atoms with Crippen molar-refractivity contribution in [2.45, 2.75) is 30.2 Å². The molecule has 1 heterocycles. The number of hydrogen-bond acceptors (Lipinski definition) is 3. The zero-order valence-electron chi connectivity index (χ0n) is 14.3. The van der Waals surface area contributed by atoms with Gasteiger partial charge < -0.3 is 5.73 Å². The number of nitrogens with two attached hydrogens (primary N) is 1. The SMILES string of the molecule is CC(C)c1ccccc1-n1ccnc1S[C@@H](C(N)=O)c1ccccc1. The van der Waals surface area contributed by atoms with Crippen molar-refractivity contribution < 1.29 is 4.79 Å². The van der Waals surface area contributed by atoms with Crippen molar-refractivity contribution in [2.24, 2.45) is 5.73 Å². The molecule has 2 N–H and O–H groups in total. The Labute approximate surface area is 152 Å². The lowest BCUT2D eigenvalue weighted by Gasteiger charge is -2.17. The molecule has 0 aliphatic rings. The van der Waals surface area contributed by atoms with Crippen molar-refractivity contribution in [1.29, 1.82) is 0 Å². The molecule has 0 aliphatic heterocycles. The van der Waals surface area contributed by atoms with E-state index in [1.54, 1.807) is 6.20 Å². The first-order valence-electron chi connectivity index (χ1n) is 8.21. The summed E-state index contributed by atoms with van der Waals surface area (Å²) in [5.74, 6) is 0.0143. The third-order valence-corrected chi connectivity index (χ3v) is 5.26. The van der Waals surface area contributed by atoms with E-state index >= 15 is 0 Å². The highest BCUT2D eigenvalue weighted by molar-refractivity contribution is 8.00. The molecule has 25 heavy (non-hydrogen) atoms. The summed E-state index contributed by atoms with van der Waals surface area (Å²) in [5.41, 5.74) is 8.85. The van der Waals surface area contributed by atoms with Crippen LogP contribution in [0.5, 0.6) is 0 Å². The Hall–Kier alpha value is -2.53. The predicted octanol–water partition coefficient (Wildman–Crippen LogP) is 4.31. The van der Waals surface area contributed by atoms with Crippen molar-refractivity contribution >= 4 is 17.7 Å². The van der Waals surface area contributed by atoms with Crippen molar-refractivity contribution in [3.05, 3.63) is 78.1 Å². The van der Waals surface area contributed by atoms with Crippen molar-refractivity contribution in [3.8, 4) is 5.69 Å². The number of para-hydroxylation sites is 1. The van der Waals surface area contributed by atoms with Crippen molar-refractivity contribution in [3.63, 3.8) is 0 Å². The standard InChI is InChI=1S/C20H21N3OS/c1-14(2)16-10-6-7-11-17(16)23-13-12-22-20(23)25-18(19(21)24)15-8-4-3-5-9-15/h3-14,18H,1-2H3,(H2,21,24)/t18-/m1/s1. The lowest BCUT2D eigenvalue weighted by Crippen LogP contribution is -2.19. The Bertz CT molecular complexity index is 858. The van der Waals surface area contributed by atoms with Crippen LogP contribution in [0.4, 0.5) is 0 Å². The van der Waals surface area contributed by atoms with Crippen LogP contribution in [0.3, 0.4) is 0 Å². The van der Waals surface area contributed by atoms with E-state index in [-0.39, 0.29) is 5.91 Å². The van der Waals surface area contributed by atoms with Gasteiger partial charge in [0.25, 0.3) is 0 Å². The molecule has 0 unspecified atom stereocenters. The predicted molar refractivity (Wildman–Crippen MR) is 102 cm³/mol. The molecular formula is C20H21N3OS. The van der Waals surface area contributed by atoms with Gasteiger partial charge in [-0.05, 0) is 23.1 Å². The number of primary amides is 1. The van der Waals surface area contributed by atoms with Crippen molar-refractivity contribution in [2.75, 3.05) is 0 Å². The van der Waals surface area contributed by atoms with E-state index in [4.69, 9.17) is 5.73 Å². The number of carbonyl (C=O) groups excluding carboxylic acids is 1. The summed E-state index contributed by atoms with van der Waals surface area (Å²) >= 11 is 1.38. The minimum atomic E-state index is -0.478. The molecule has 1 aromatic heterocycles. The highest BCUT2D eigenvalue weighted by atomic mass is 32.2. The van der Waals surface area contributed by atoms with Gasteiger partial charge in [0.1, 0.15) is 5.25 Å². The quantitative estimate of drug-likeness (QED) is 0.673. The van der Waals surface area contributed by atoms with Crippen LogP contribution in [0.1, 0.15) is 36.1 Å². The number of benzene rings is 2. The molecule has 5 heteroatoms. The topological polar surface area (TPSA) is 60.9 Å². The average Bonchev–Trinajstić information content (AvgIpc) is 3.08. The third kappa shape index (κ3) is 3.77. The number of hydrogen-bond donors (Lipinski definition) is 1. The Morgan fingerprint density at radius 3 is 2.44 bits per heavy atom. The number of carbonyl (C=O) groups is 1. The second-order valence-corrected chi connectivity index (χ2v) is 7.18. The average molecular weight is 351 g/mol. The van der Waals surface area contributed by atoms with E-state index in [9.17, 15) is 4.79 Å². The Kier molecular flexibility index (Phi) is 5.24. The fraction of sp³-hybridized carbons (Fsp3) is 0.200. The summed E-state index contributed by atoms with van der Waals surface area (Å²) in [7, 11) is 0. The first-order valence-corrected chi connectivity index (χ1v) is 9.09. The molecule has 0 spiro atoms. The smallest absolute Gasteiger partial charge is 0.235 e. The number of imidazole rings is 1. The molecule has 3 aromatic rings. The van der Waals surface area contributed by atoms with Crippen LogP contribution in [-0.2, 0) is 4.79 Å². The van der Waals surface area contributed by atoms with Gasteiger partial charge in [-0.3, -0.25) is 9.36 Å². The minimum absolute atomic E-state index is 0.372. The van der Waals surface area contributed by atoms with Gasteiger partial charge in [-0.2, -0.15) is 0 Å². The molecule has 1 amide bonds. The number of thioether (sulfide) groups is 1. The van der Waals surface area contributed by atoms with E-state index in [1.807, 2.05) is 53.2 Å². The summed E-state index contributed by atoms with van der Waals surface area (Å²) in [4.78, 5) is 16.5. The molecular weight excluding hydrogens is 330 g/mol. The van der Waals surface area contributed by atoms with Crippen LogP contribution in [0.25, 0.3) is 5.69 Å². The van der Waals surface area contributed by atoms with E-state index < -0.39 is 5.25 Å². The van der Waals surface area contributed by atoms with Crippen LogP contribution < -0.4 is 5.73 Å². The number of amides is 1. The maximum absolute atomic E-state index is 12.0. The lowest BCUT2D eigenvalue weighted by molar-refractivity contribution is -0.117. The van der Waals surface area contributed by atoms with Gasteiger partial charge in [-0.25, -0.2) is 4.98 Å². The van der Waals surface area contributed by atoms with Crippen LogP contribution in [0, 0.1) is 0 Å². The molecule has 4 nitrogen and oxygen atoms in total. The van der Waals surface area contributed by atoms with Gasteiger partial charge in [0.15, 0.2) is 5.16 Å². The van der Waals surface area contributed by atoms with Gasteiger partial charge in [0.2, 0.25) is 5.91 Å². The van der Waals surface area contributed by atoms with Gasteiger partial charge in [0.05, 0.1) is 5.69 Å². The van der Waals surface area contributed by atoms with E-state index in [0.717, 1.165) is 16.4 Å². The molecule has 0 fully saturated rings. The zero-order valence-corrected chi connectivity index (χ0v) is 15.1. The van der Waals surface area contributed by atoms with Crippen molar-refractivity contribution in [1.82, 2.24) is 9.55 Å². The van der Waals surface area contributed by atoms with Crippen LogP contribution in [0.15, 0.2) is 72.1 Å². The normalized spacial score (nSPS) is 12.3. The van der Waals surface area contributed by atoms with E-state index in [2.05, 4.69) is 31.0 Å². The summed E-state index contributed by atoms with van der Waals surface area (Å²) in [6.07, 6.45) is 3.68. The molecule has 0 bridgehead atoms. The Morgan fingerprint density at radius 2 is 1.76 bits per heavy atom. The monoisotopic (exact) mass is 351 g/mol. The highest BCUT2D eigenvalue weighted by Gasteiger charge is 2.22. The van der Waals surface area contributed by atoms with Gasteiger partial charge in [-0.1, -0.05) is 74.1 Å². The second kappa shape index (κ2) is 7.57. The molecule has 128 valence electrons.